The number of halogens is 1. The predicted molar refractivity (Wildman–Crippen MR) is 86.6 cm³/mol. The van der Waals surface area contributed by atoms with Crippen LogP contribution >= 0.6 is 0 Å². The third-order valence-corrected chi connectivity index (χ3v) is 6.11. The van der Waals surface area contributed by atoms with Crippen molar-refractivity contribution in [2.75, 3.05) is 6.73 Å². The first kappa shape index (κ1) is 18.6. The van der Waals surface area contributed by atoms with Gasteiger partial charge in [0, 0.05) is 6.07 Å². The fourth-order valence-corrected chi connectivity index (χ4v) is 5.51. The van der Waals surface area contributed by atoms with Gasteiger partial charge in [-0.3, -0.25) is 9.59 Å². The van der Waals surface area contributed by atoms with Gasteiger partial charge in [0.15, 0.2) is 19.1 Å². The van der Waals surface area contributed by atoms with Crippen LogP contribution in [0.4, 0.5) is 0 Å². The van der Waals surface area contributed by atoms with Gasteiger partial charge in [0.05, 0.1) is 5.41 Å². The number of hydrogen-bond acceptors (Lipinski definition) is 3. The van der Waals surface area contributed by atoms with Crippen molar-refractivity contribution >= 4 is 11.9 Å². The third kappa shape index (κ3) is 3.68. The number of esters is 1. The molecule has 0 aromatic carbocycles. The zero-order chi connectivity index (χ0) is 16.7. The van der Waals surface area contributed by atoms with Crippen LogP contribution in [0.15, 0.2) is 24.5 Å². The van der Waals surface area contributed by atoms with Crippen molar-refractivity contribution in [2.45, 2.75) is 38.5 Å². The number of carbonyl (C=O) groups is 2. The summed E-state index contributed by atoms with van der Waals surface area (Å²) in [5, 5.41) is 2.69. The van der Waals surface area contributed by atoms with Crippen molar-refractivity contribution < 1.29 is 42.9 Å². The summed E-state index contributed by atoms with van der Waals surface area (Å²) in [6, 6.07) is 3.56. The predicted octanol–water partition coefficient (Wildman–Crippen LogP) is -1.04. The van der Waals surface area contributed by atoms with Crippen LogP contribution in [-0.4, -0.2) is 18.6 Å². The maximum atomic E-state index is 12.7. The van der Waals surface area contributed by atoms with Crippen LogP contribution in [-0.2, 0) is 16.6 Å². The molecule has 4 saturated carbocycles. The van der Waals surface area contributed by atoms with Crippen LogP contribution in [0.3, 0.4) is 0 Å². The Morgan fingerprint density at radius 1 is 1.20 bits per heavy atom. The van der Waals surface area contributed by atoms with E-state index in [0.29, 0.717) is 23.3 Å². The summed E-state index contributed by atoms with van der Waals surface area (Å²) < 4.78 is 7.29. The molecule has 1 heterocycles. The van der Waals surface area contributed by atoms with Crippen molar-refractivity contribution in [3.8, 4) is 0 Å². The Balaban J connectivity index is 0.00000182. The molecule has 0 unspecified atom stereocenters. The molecule has 0 atom stereocenters. The molecule has 4 aliphatic carbocycles. The molecular formula is C19H25IN2O3. The SMILES string of the molecule is C[n+]1cccc(C(=O)NCOC(=O)C23CC4CC(CC(C4)C2)C3)c1.[I-]. The van der Waals surface area contributed by atoms with Gasteiger partial charge >= 0.3 is 5.97 Å². The van der Waals surface area contributed by atoms with Crippen LogP contribution in [0.1, 0.15) is 48.9 Å². The molecular weight excluding hydrogens is 431 g/mol. The highest BCUT2D eigenvalue weighted by molar-refractivity contribution is 5.93. The number of pyridine rings is 1. The largest absolute Gasteiger partial charge is 1.00 e. The van der Waals surface area contributed by atoms with Crippen molar-refractivity contribution in [1.82, 2.24) is 5.32 Å². The van der Waals surface area contributed by atoms with Gasteiger partial charge < -0.3 is 34.0 Å². The number of carbonyl (C=O) groups excluding carboxylic acids is 2. The first-order chi connectivity index (χ1) is 11.5. The number of rotatable bonds is 4. The lowest BCUT2D eigenvalue weighted by Gasteiger charge is -2.55. The minimum atomic E-state index is -0.265. The highest BCUT2D eigenvalue weighted by atomic mass is 127. The van der Waals surface area contributed by atoms with Gasteiger partial charge in [-0.1, -0.05) is 0 Å². The second-order valence-corrected chi connectivity index (χ2v) is 8.04. The second-order valence-electron chi connectivity index (χ2n) is 8.04. The summed E-state index contributed by atoms with van der Waals surface area (Å²) in [6.45, 7) is -0.0436. The third-order valence-electron chi connectivity index (χ3n) is 6.11. The molecule has 1 aromatic heterocycles. The van der Waals surface area contributed by atoms with Crippen LogP contribution in [0.25, 0.3) is 0 Å². The zero-order valence-corrected chi connectivity index (χ0v) is 16.7. The molecule has 136 valence electrons. The van der Waals surface area contributed by atoms with Crippen molar-refractivity contribution in [3.63, 3.8) is 0 Å². The van der Waals surface area contributed by atoms with E-state index in [4.69, 9.17) is 4.74 Å². The fourth-order valence-electron chi connectivity index (χ4n) is 5.51. The monoisotopic (exact) mass is 456 g/mol. The molecule has 25 heavy (non-hydrogen) atoms. The Labute approximate surface area is 165 Å². The number of nitrogens with zero attached hydrogens (tertiary/aromatic N) is 1. The maximum Gasteiger partial charge on any atom is 0.313 e. The van der Waals surface area contributed by atoms with Gasteiger partial charge in [-0.05, 0) is 62.3 Å². The van der Waals surface area contributed by atoms with Gasteiger partial charge in [-0.2, -0.15) is 0 Å². The molecule has 5 rings (SSSR count). The fraction of sp³-hybridized carbons (Fsp3) is 0.632. The van der Waals surface area contributed by atoms with E-state index in [0.717, 1.165) is 19.3 Å². The lowest BCUT2D eigenvalue weighted by molar-refractivity contribution is -0.671. The minimum absolute atomic E-state index is 0. The zero-order valence-electron chi connectivity index (χ0n) is 14.5. The Hall–Kier alpha value is -1.18. The summed E-state index contributed by atoms with van der Waals surface area (Å²) in [5.41, 5.74) is 0.296. The molecule has 6 heteroatoms. The van der Waals surface area contributed by atoms with E-state index < -0.39 is 0 Å². The lowest BCUT2D eigenvalue weighted by atomic mass is 9.49. The van der Waals surface area contributed by atoms with Gasteiger partial charge in [0.1, 0.15) is 12.6 Å². The molecule has 1 amide bonds. The second kappa shape index (κ2) is 7.21. The highest BCUT2D eigenvalue weighted by Crippen LogP contribution is 2.60. The number of nitrogens with one attached hydrogen (secondary N) is 1. The summed E-state index contributed by atoms with van der Waals surface area (Å²) in [4.78, 5) is 24.8. The number of aromatic nitrogens is 1. The summed E-state index contributed by atoms with van der Waals surface area (Å²) in [5.74, 6) is 1.82. The van der Waals surface area contributed by atoms with E-state index >= 15 is 0 Å². The van der Waals surface area contributed by atoms with Crippen molar-refractivity contribution in [3.05, 3.63) is 30.1 Å². The van der Waals surface area contributed by atoms with Gasteiger partial charge in [0.25, 0.3) is 5.91 Å². The smallest absolute Gasteiger partial charge is 0.313 e. The van der Waals surface area contributed by atoms with Gasteiger partial charge in [0.2, 0.25) is 0 Å². The van der Waals surface area contributed by atoms with Gasteiger partial charge in [-0.15, -0.1) is 0 Å². The molecule has 0 spiro atoms. The van der Waals surface area contributed by atoms with Crippen LogP contribution in [0.5, 0.6) is 0 Å². The first-order valence-corrected chi connectivity index (χ1v) is 8.95. The summed E-state index contributed by atoms with van der Waals surface area (Å²) in [6.07, 6.45) is 10.5. The molecule has 4 bridgehead atoms. The molecule has 4 aliphatic rings. The van der Waals surface area contributed by atoms with E-state index in [9.17, 15) is 9.59 Å². The topological polar surface area (TPSA) is 59.3 Å². The Morgan fingerprint density at radius 3 is 2.36 bits per heavy atom. The van der Waals surface area contributed by atoms with Crippen LogP contribution in [0.2, 0.25) is 0 Å². The Bertz CT molecular complexity index is 641. The maximum absolute atomic E-state index is 12.7. The summed E-state index contributed by atoms with van der Waals surface area (Å²) in [7, 11) is 1.86. The summed E-state index contributed by atoms with van der Waals surface area (Å²) >= 11 is 0. The van der Waals surface area contributed by atoms with E-state index in [2.05, 4.69) is 5.32 Å². The number of ether oxygens (including phenoxy) is 1. The molecule has 0 aliphatic heterocycles. The molecule has 5 nitrogen and oxygen atoms in total. The van der Waals surface area contributed by atoms with Crippen molar-refractivity contribution in [2.24, 2.45) is 30.2 Å². The number of hydrogen-bond donors (Lipinski definition) is 1. The molecule has 1 N–H and O–H groups in total. The van der Waals surface area contributed by atoms with Crippen molar-refractivity contribution in [1.29, 1.82) is 0 Å². The minimum Gasteiger partial charge on any atom is -1.00 e. The van der Waals surface area contributed by atoms with Gasteiger partial charge in [-0.25, -0.2) is 4.57 Å². The molecule has 0 radical (unpaired) electrons. The lowest BCUT2D eigenvalue weighted by Crippen LogP contribution is -3.00. The Morgan fingerprint density at radius 2 is 1.80 bits per heavy atom. The Kier molecular flexibility index (Phi) is 5.37. The van der Waals surface area contributed by atoms with Crippen LogP contribution in [0, 0.1) is 23.2 Å². The van der Waals surface area contributed by atoms with E-state index in [1.807, 2.05) is 23.9 Å². The molecule has 4 fully saturated rings. The molecule has 1 aromatic rings. The average molecular weight is 456 g/mol. The van der Waals surface area contributed by atoms with E-state index in [1.165, 1.54) is 19.3 Å². The van der Waals surface area contributed by atoms with E-state index in [1.54, 1.807) is 12.3 Å². The standard InChI is InChI=1S/C19H24N2O3.HI/c1-21-4-2-3-16(11-21)17(22)20-12-24-18(23)19-8-13-5-14(9-19)7-15(6-13)10-19;/h2-4,11,13-15H,5-10,12H2,1H3;1H. The highest BCUT2D eigenvalue weighted by Gasteiger charge is 2.55. The quantitative estimate of drug-likeness (QED) is 0.273. The number of amides is 1. The normalized spacial score (nSPS) is 32.0. The van der Waals surface area contributed by atoms with E-state index in [-0.39, 0.29) is 48.0 Å². The number of aryl methyl sites for hydroxylation is 1. The average Bonchev–Trinajstić information content (AvgIpc) is 2.53. The molecule has 0 saturated heterocycles. The van der Waals surface area contributed by atoms with Crippen LogP contribution < -0.4 is 33.9 Å². The first-order valence-electron chi connectivity index (χ1n) is 8.95.